The van der Waals surface area contributed by atoms with E-state index >= 15 is 0 Å². The zero-order valence-electron chi connectivity index (χ0n) is 6.36. The monoisotopic (exact) mass is 175 g/mol. The summed E-state index contributed by atoms with van der Waals surface area (Å²) in [6, 6.07) is 8.07. The minimum absolute atomic E-state index is 0.828. The number of benzene rings is 1. The fourth-order valence-electron chi connectivity index (χ4n) is 1.20. The molecule has 0 aliphatic rings. The molecule has 0 aliphatic heterocycles. The molecule has 0 atom stereocenters. The van der Waals surface area contributed by atoms with E-state index in [0.717, 1.165) is 17.2 Å². The minimum Gasteiger partial charge on any atom is -0.303 e. The van der Waals surface area contributed by atoms with Gasteiger partial charge in [-0.25, -0.2) is 0 Å². The zero-order valence-corrected chi connectivity index (χ0v) is 7.17. The van der Waals surface area contributed by atoms with Crippen LogP contribution in [0.3, 0.4) is 0 Å². The first-order valence-corrected chi connectivity index (χ1v) is 4.54. The number of aldehydes is 1. The molecule has 0 N–H and O–H groups in total. The van der Waals surface area contributed by atoms with Gasteiger partial charge in [-0.05, 0) is 22.4 Å². The molecular formula is C10H7OS. The Bertz CT molecular complexity index is 403. The highest BCUT2D eigenvalue weighted by atomic mass is 32.1. The fourth-order valence-corrected chi connectivity index (χ4v) is 2.13. The lowest BCUT2D eigenvalue weighted by molar-refractivity contribution is -0.104. The van der Waals surface area contributed by atoms with Gasteiger partial charge in [0.25, 0.3) is 0 Å². The van der Waals surface area contributed by atoms with Crippen molar-refractivity contribution in [1.29, 1.82) is 0 Å². The third kappa shape index (κ3) is 1.14. The Morgan fingerprint density at radius 1 is 1.25 bits per heavy atom. The van der Waals surface area contributed by atoms with Crippen LogP contribution in [-0.2, 0) is 4.79 Å². The van der Waals surface area contributed by atoms with Gasteiger partial charge in [0.15, 0.2) is 0 Å². The molecule has 1 heterocycles. The maximum atomic E-state index is 10.3. The van der Waals surface area contributed by atoms with Gasteiger partial charge in [0.2, 0.25) is 0 Å². The topological polar surface area (TPSA) is 17.1 Å². The van der Waals surface area contributed by atoms with Crippen LogP contribution in [0.2, 0.25) is 0 Å². The van der Waals surface area contributed by atoms with Crippen LogP contribution < -0.4 is 0 Å². The van der Waals surface area contributed by atoms with Crippen LogP contribution >= 0.6 is 11.3 Å². The molecule has 0 spiro atoms. The van der Waals surface area contributed by atoms with Gasteiger partial charge in [0, 0.05) is 4.70 Å². The maximum absolute atomic E-state index is 10.3. The number of rotatable bonds is 2. The minimum atomic E-state index is 0.828. The molecule has 2 aromatic rings. The summed E-state index contributed by atoms with van der Waals surface area (Å²) in [7, 11) is 0. The number of hydrogen-bond acceptors (Lipinski definition) is 2. The van der Waals surface area contributed by atoms with E-state index in [1.54, 1.807) is 17.8 Å². The van der Waals surface area contributed by atoms with E-state index in [9.17, 15) is 4.79 Å². The van der Waals surface area contributed by atoms with Gasteiger partial charge < -0.3 is 4.79 Å². The first-order valence-electron chi connectivity index (χ1n) is 3.66. The quantitative estimate of drug-likeness (QED) is 0.641. The Balaban J connectivity index is 2.62. The molecular weight excluding hydrogens is 168 g/mol. The van der Waals surface area contributed by atoms with E-state index in [-0.39, 0.29) is 0 Å². The van der Waals surface area contributed by atoms with Gasteiger partial charge in [0.1, 0.15) is 6.29 Å². The second-order valence-corrected chi connectivity index (χ2v) is 3.40. The molecule has 0 unspecified atom stereocenters. The van der Waals surface area contributed by atoms with E-state index in [1.165, 1.54) is 4.70 Å². The lowest BCUT2D eigenvalue weighted by atomic mass is 10.1. The molecule has 2 heteroatoms. The number of thiophene rings is 1. The number of fused-ring (bicyclic) bond motifs is 1. The van der Waals surface area contributed by atoms with Gasteiger partial charge in [-0.15, -0.1) is 11.3 Å². The predicted octanol–water partition coefficient (Wildman–Crippen LogP) is 2.65. The van der Waals surface area contributed by atoms with Crippen LogP contribution in [-0.4, -0.2) is 6.29 Å². The summed E-state index contributed by atoms with van der Waals surface area (Å²) in [5.74, 6) is 0. The van der Waals surface area contributed by atoms with Crippen LogP contribution in [0.15, 0.2) is 29.6 Å². The molecule has 59 valence electrons. The normalized spacial score (nSPS) is 10.3. The Morgan fingerprint density at radius 3 is 2.92 bits per heavy atom. The Morgan fingerprint density at radius 2 is 2.08 bits per heavy atom. The standard InChI is InChI=1S/C10H7OS/c11-6-5-8-7-12-10-4-2-1-3-9(8)10/h1-7H. The number of carbonyl (C=O) groups is 1. The van der Waals surface area contributed by atoms with Crippen LogP contribution in [0.25, 0.3) is 10.1 Å². The Hall–Kier alpha value is -1.15. The summed E-state index contributed by atoms with van der Waals surface area (Å²) in [4.78, 5) is 10.3. The highest BCUT2D eigenvalue weighted by molar-refractivity contribution is 7.17. The summed E-state index contributed by atoms with van der Waals surface area (Å²) in [5, 5.41) is 3.16. The van der Waals surface area contributed by atoms with E-state index in [4.69, 9.17) is 0 Å². The molecule has 1 aromatic carbocycles. The lowest BCUT2D eigenvalue weighted by Crippen LogP contribution is -1.77. The summed E-state index contributed by atoms with van der Waals surface area (Å²) < 4.78 is 1.23. The highest BCUT2D eigenvalue weighted by Gasteiger charge is 2.01. The molecule has 0 amide bonds. The van der Waals surface area contributed by atoms with Crippen LogP contribution in [0, 0.1) is 6.42 Å². The second kappa shape index (κ2) is 3.07. The van der Waals surface area contributed by atoms with E-state index in [1.807, 2.05) is 23.6 Å². The first kappa shape index (κ1) is 7.50. The van der Waals surface area contributed by atoms with Crippen molar-refractivity contribution in [1.82, 2.24) is 0 Å². The van der Waals surface area contributed by atoms with Crippen molar-refractivity contribution < 1.29 is 4.79 Å². The van der Waals surface area contributed by atoms with E-state index in [2.05, 4.69) is 6.07 Å². The van der Waals surface area contributed by atoms with Crippen LogP contribution in [0.1, 0.15) is 5.56 Å². The molecule has 0 saturated carbocycles. The van der Waals surface area contributed by atoms with E-state index < -0.39 is 0 Å². The van der Waals surface area contributed by atoms with Crippen molar-refractivity contribution >= 4 is 27.7 Å². The van der Waals surface area contributed by atoms with Crippen LogP contribution in [0.4, 0.5) is 0 Å². The van der Waals surface area contributed by atoms with Gasteiger partial charge >= 0.3 is 0 Å². The number of carbonyl (C=O) groups excluding carboxylic acids is 1. The van der Waals surface area contributed by atoms with Gasteiger partial charge in [-0.2, -0.15) is 0 Å². The zero-order chi connectivity index (χ0) is 8.39. The summed E-state index contributed by atoms with van der Waals surface area (Å²) >= 11 is 1.66. The van der Waals surface area contributed by atoms with Crippen molar-refractivity contribution in [3.05, 3.63) is 41.6 Å². The van der Waals surface area contributed by atoms with Gasteiger partial charge in [-0.3, -0.25) is 0 Å². The average molecular weight is 175 g/mol. The summed E-state index contributed by atoms with van der Waals surface area (Å²) in [5.41, 5.74) is 1.02. The molecule has 12 heavy (non-hydrogen) atoms. The van der Waals surface area contributed by atoms with E-state index in [0.29, 0.717) is 0 Å². The molecule has 1 radical (unpaired) electrons. The molecule has 1 nitrogen and oxygen atoms in total. The van der Waals surface area contributed by atoms with Crippen molar-refractivity contribution in [2.45, 2.75) is 0 Å². The Labute approximate surface area is 74.6 Å². The SMILES string of the molecule is O=C[CH]c1csc2ccccc12. The summed E-state index contributed by atoms with van der Waals surface area (Å²) in [6.07, 6.45) is 2.42. The smallest absolute Gasteiger partial charge is 0.128 e. The molecule has 0 aliphatic carbocycles. The molecule has 0 fully saturated rings. The van der Waals surface area contributed by atoms with Crippen molar-refractivity contribution in [2.24, 2.45) is 0 Å². The lowest BCUT2D eigenvalue weighted by Gasteiger charge is -1.90. The highest BCUT2D eigenvalue weighted by Crippen LogP contribution is 2.25. The molecule has 0 saturated heterocycles. The average Bonchev–Trinajstić information content (AvgIpc) is 2.50. The van der Waals surface area contributed by atoms with Crippen molar-refractivity contribution in [2.75, 3.05) is 0 Å². The first-order chi connectivity index (χ1) is 5.92. The number of hydrogen-bond donors (Lipinski definition) is 0. The largest absolute Gasteiger partial charge is 0.303 e. The molecule has 0 bridgehead atoms. The predicted molar refractivity (Wildman–Crippen MR) is 51.3 cm³/mol. The Kier molecular flexibility index (Phi) is 1.92. The summed E-state index contributed by atoms with van der Waals surface area (Å²) in [6.45, 7) is 0. The third-order valence-electron chi connectivity index (χ3n) is 1.76. The van der Waals surface area contributed by atoms with Crippen molar-refractivity contribution in [3.63, 3.8) is 0 Å². The van der Waals surface area contributed by atoms with Crippen molar-refractivity contribution in [3.8, 4) is 0 Å². The van der Waals surface area contributed by atoms with Gasteiger partial charge in [-0.1, -0.05) is 18.2 Å². The maximum Gasteiger partial charge on any atom is 0.128 e. The third-order valence-corrected chi connectivity index (χ3v) is 2.74. The molecule has 1 aromatic heterocycles. The second-order valence-electron chi connectivity index (χ2n) is 2.49. The fraction of sp³-hybridized carbons (Fsp3) is 0. The van der Waals surface area contributed by atoms with Crippen LogP contribution in [0.5, 0.6) is 0 Å². The van der Waals surface area contributed by atoms with Gasteiger partial charge in [0.05, 0.1) is 6.42 Å². The molecule has 2 rings (SSSR count).